The first-order valence-corrected chi connectivity index (χ1v) is 7.24. The molecule has 0 atom stereocenters. The molecule has 0 bridgehead atoms. The van der Waals surface area contributed by atoms with Crippen molar-refractivity contribution in [2.45, 2.75) is 13.3 Å². The van der Waals surface area contributed by atoms with Crippen LogP contribution >= 0.6 is 0 Å². The van der Waals surface area contributed by atoms with Crippen LogP contribution in [0, 0.1) is 5.82 Å². The molecule has 0 aliphatic carbocycles. The number of hydrogen-bond donors (Lipinski definition) is 0. The first-order chi connectivity index (χ1) is 11.1. The van der Waals surface area contributed by atoms with Gasteiger partial charge in [-0.15, -0.1) is 5.10 Å². The number of rotatable bonds is 3. The number of fused-ring (bicyclic) bond motifs is 1. The summed E-state index contributed by atoms with van der Waals surface area (Å²) in [4.78, 5) is 0. The Labute approximate surface area is 134 Å². The van der Waals surface area contributed by atoms with Crippen molar-refractivity contribution in [3.63, 3.8) is 0 Å². The van der Waals surface area contributed by atoms with E-state index in [9.17, 15) is 4.39 Å². The van der Waals surface area contributed by atoms with E-state index in [1.807, 2.05) is 25.1 Å². The third kappa shape index (κ3) is 2.95. The van der Waals surface area contributed by atoms with Gasteiger partial charge in [0.05, 0.1) is 14.2 Å². The molecule has 0 saturated carbocycles. The van der Waals surface area contributed by atoms with Crippen molar-refractivity contribution in [2.24, 2.45) is 10.2 Å². The molecule has 0 radical (unpaired) electrons. The lowest BCUT2D eigenvalue weighted by molar-refractivity contribution is 0.354. The first kappa shape index (κ1) is 15.2. The monoisotopic (exact) mass is 312 g/mol. The second-order valence-corrected chi connectivity index (χ2v) is 5.34. The fourth-order valence-electron chi connectivity index (χ4n) is 2.64. The highest BCUT2D eigenvalue weighted by Crippen LogP contribution is 2.33. The van der Waals surface area contributed by atoms with Crippen LogP contribution in [0.2, 0.25) is 0 Å². The summed E-state index contributed by atoms with van der Waals surface area (Å²) in [6.45, 7) is 1.92. The van der Waals surface area contributed by atoms with Crippen LogP contribution in [0.4, 0.5) is 4.39 Å². The summed E-state index contributed by atoms with van der Waals surface area (Å²) in [5.74, 6) is 0.951. The molecule has 2 aromatic rings. The normalized spacial score (nSPS) is 13.6. The Bertz CT molecular complexity index is 813. The Morgan fingerprint density at radius 2 is 1.74 bits per heavy atom. The molecule has 0 unspecified atom stereocenters. The van der Waals surface area contributed by atoms with Crippen LogP contribution in [-0.4, -0.2) is 25.6 Å². The van der Waals surface area contributed by atoms with Gasteiger partial charge in [0, 0.05) is 23.3 Å². The van der Waals surface area contributed by atoms with Crippen LogP contribution in [0.3, 0.4) is 0 Å². The van der Waals surface area contributed by atoms with Gasteiger partial charge in [-0.2, -0.15) is 5.10 Å². The van der Waals surface area contributed by atoms with E-state index in [2.05, 4.69) is 10.2 Å². The molecule has 2 aromatic carbocycles. The average molecular weight is 312 g/mol. The van der Waals surface area contributed by atoms with E-state index in [4.69, 9.17) is 9.47 Å². The van der Waals surface area contributed by atoms with Crippen molar-refractivity contribution >= 4 is 11.4 Å². The number of hydrogen-bond acceptors (Lipinski definition) is 4. The number of methoxy groups -OCH3 is 2. The molecule has 0 spiro atoms. The van der Waals surface area contributed by atoms with Crippen LogP contribution in [-0.2, 0) is 6.42 Å². The Hall–Kier alpha value is -2.69. The average Bonchev–Trinajstić information content (AvgIpc) is 2.71. The zero-order valence-electron chi connectivity index (χ0n) is 13.3. The van der Waals surface area contributed by atoms with Gasteiger partial charge in [0.1, 0.15) is 11.5 Å². The highest BCUT2D eigenvalue weighted by atomic mass is 19.1. The van der Waals surface area contributed by atoms with Crippen molar-refractivity contribution in [1.29, 1.82) is 0 Å². The second kappa shape index (κ2) is 6.20. The number of halogens is 1. The molecule has 118 valence electrons. The lowest BCUT2D eigenvalue weighted by Crippen LogP contribution is -2.08. The van der Waals surface area contributed by atoms with Gasteiger partial charge >= 0.3 is 0 Å². The topological polar surface area (TPSA) is 43.2 Å². The van der Waals surface area contributed by atoms with Crippen LogP contribution in [0.5, 0.6) is 11.5 Å². The van der Waals surface area contributed by atoms with Crippen molar-refractivity contribution in [1.82, 2.24) is 0 Å². The highest BCUT2D eigenvalue weighted by Gasteiger charge is 2.20. The quantitative estimate of drug-likeness (QED) is 0.869. The zero-order chi connectivity index (χ0) is 16.4. The van der Waals surface area contributed by atoms with E-state index in [-0.39, 0.29) is 5.82 Å². The van der Waals surface area contributed by atoms with Crippen LogP contribution in [0.15, 0.2) is 46.6 Å². The summed E-state index contributed by atoms with van der Waals surface area (Å²) in [5, 5.41) is 8.57. The van der Waals surface area contributed by atoms with Gasteiger partial charge in [-0.1, -0.05) is 12.1 Å². The summed E-state index contributed by atoms with van der Waals surface area (Å²) in [6, 6.07) is 10.1. The minimum Gasteiger partial charge on any atom is -0.493 e. The Morgan fingerprint density at radius 3 is 2.43 bits per heavy atom. The van der Waals surface area contributed by atoms with E-state index in [0.29, 0.717) is 29.2 Å². The summed E-state index contributed by atoms with van der Waals surface area (Å²) < 4.78 is 24.4. The summed E-state index contributed by atoms with van der Waals surface area (Å²) in [7, 11) is 3.19. The van der Waals surface area contributed by atoms with Crippen molar-refractivity contribution in [3.05, 3.63) is 58.9 Å². The molecule has 0 fully saturated rings. The third-order valence-electron chi connectivity index (χ3n) is 3.73. The van der Waals surface area contributed by atoms with Crippen molar-refractivity contribution in [2.75, 3.05) is 14.2 Å². The molecule has 0 N–H and O–H groups in total. The first-order valence-electron chi connectivity index (χ1n) is 7.24. The Balaban J connectivity index is 2.22. The molecule has 0 saturated heterocycles. The van der Waals surface area contributed by atoms with Crippen molar-refractivity contribution < 1.29 is 13.9 Å². The molecular formula is C18H17FN2O2. The summed E-state index contributed by atoms with van der Waals surface area (Å²) in [5.41, 5.74) is 4.07. The van der Waals surface area contributed by atoms with E-state index < -0.39 is 0 Å². The van der Waals surface area contributed by atoms with E-state index in [0.717, 1.165) is 16.8 Å². The zero-order valence-corrected chi connectivity index (χ0v) is 13.3. The predicted molar refractivity (Wildman–Crippen MR) is 88.4 cm³/mol. The Morgan fingerprint density at radius 1 is 1.00 bits per heavy atom. The van der Waals surface area contributed by atoms with Gasteiger partial charge in [-0.3, -0.25) is 0 Å². The minimum atomic E-state index is -0.308. The lowest BCUT2D eigenvalue weighted by Gasteiger charge is -2.14. The van der Waals surface area contributed by atoms with E-state index in [1.165, 1.54) is 12.1 Å². The predicted octanol–water partition coefficient (Wildman–Crippen LogP) is 3.61. The number of nitrogens with zero attached hydrogens (tertiary/aromatic N) is 2. The maximum atomic E-state index is 13.6. The van der Waals surface area contributed by atoms with Crippen LogP contribution in [0.25, 0.3) is 0 Å². The molecule has 0 aromatic heterocycles. The second-order valence-electron chi connectivity index (χ2n) is 5.34. The molecule has 1 aliphatic rings. The molecular weight excluding hydrogens is 295 g/mol. The Kier molecular flexibility index (Phi) is 4.10. The van der Waals surface area contributed by atoms with Gasteiger partial charge in [0.2, 0.25) is 0 Å². The van der Waals surface area contributed by atoms with E-state index in [1.54, 1.807) is 20.3 Å². The van der Waals surface area contributed by atoms with Gasteiger partial charge in [0.15, 0.2) is 11.5 Å². The fourth-order valence-corrected chi connectivity index (χ4v) is 2.64. The van der Waals surface area contributed by atoms with E-state index >= 15 is 0 Å². The molecule has 3 rings (SSSR count). The SMILES string of the molecule is COc1cc2c(cc1OC)C(c1cccc(F)c1)=NN=C(C)C2. The van der Waals surface area contributed by atoms with Gasteiger partial charge in [-0.25, -0.2) is 4.39 Å². The smallest absolute Gasteiger partial charge is 0.161 e. The van der Waals surface area contributed by atoms with Crippen LogP contribution < -0.4 is 9.47 Å². The molecule has 1 heterocycles. The molecule has 1 aliphatic heterocycles. The van der Waals surface area contributed by atoms with Crippen molar-refractivity contribution in [3.8, 4) is 11.5 Å². The summed E-state index contributed by atoms with van der Waals surface area (Å²) in [6.07, 6.45) is 0.651. The van der Waals surface area contributed by atoms with Gasteiger partial charge in [-0.05, 0) is 36.8 Å². The largest absolute Gasteiger partial charge is 0.493 e. The number of ether oxygens (including phenoxy) is 2. The maximum Gasteiger partial charge on any atom is 0.161 e. The standard InChI is InChI=1S/C18H17FN2O2/c1-11-7-13-9-16(22-2)17(23-3)10-15(13)18(21-20-11)12-5-4-6-14(19)8-12/h4-6,8-10H,7H2,1-3H3. The molecule has 0 amide bonds. The van der Waals surface area contributed by atoms with Crippen LogP contribution in [0.1, 0.15) is 23.6 Å². The van der Waals surface area contributed by atoms with Gasteiger partial charge < -0.3 is 9.47 Å². The van der Waals surface area contributed by atoms with Gasteiger partial charge in [0.25, 0.3) is 0 Å². The minimum absolute atomic E-state index is 0.308. The number of benzene rings is 2. The molecule has 5 heteroatoms. The lowest BCUT2D eigenvalue weighted by atomic mass is 9.94. The summed E-state index contributed by atoms with van der Waals surface area (Å²) >= 11 is 0. The highest BCUT2D eigenvalue weighted by molar-refractivity contribution is 6.15. The fraction of sp³-hybridized carbons (Fsp3) is 0.222. The third-order valence-corrected chi connectivity index (χ3v) is 3.73. The molecule has 23 heavy (non-hydrogen) atoms. The maximum absolute atomic E-state index is 13.6. The molecule has 4 nitrogen and oxygen atoms in total.